The number of para-hydroxylation sites is 1. The molecule has 0 saturated carbocycles. The lowest BCUT2D eigenvalue weighted by Gasteiger charge is -2.34. The number of carbonyl (C=O) groups is 2. The molecule has 2 aromatic carbocycles. The van der Waals surface area contributed by atoms with Gasteiger partial charge in [-0.1, -0.05) is 24.3 Å². The normalized spacial score (nSPS) is 12.1. The number of rotatable bonds is 10. The van der Waals surface area contributed by atoms with E-state index in [1.54, 1.807) is 42.7 Å². The van der Waals surface area contributed by atoms with E-state index in [4.69, 9.17) is 9.47 Å². The molecule has 0 unspecified atom stereocenters. The number of methoxy groups -OCH3 is 2. The minimum atomic E-state index is -0.996. The molecule has 0 aliphatic heterocycles. The second kappa shape index (κ2) is 11.3. The number of hydrogen-bond acceptors (Lipinski definition) is 7. The van der Waals surface area contributed by atoms with Crippen LogP contribution in [0.3, 0.4) is 0 Å². The van der Waals surface area contributed by atoms with E-state index in [-0.39, 0.29) is 18.4 Å². The summed E-state index contributed by atoms with van der Waals surface area (Å²) in [5.74, 6) is 0.244. The van der Waals surface area contributed by atoms with Crippen LogP contribution in [0, 0.1) is 0 Å². The number of anilines is 1. The molecule has 198 valence electrons. The zero-order valence-electron chi connectivity index (χ0n) is 22.2. The van der Waals surface area contributed by atoms with Crippen LogP contribution in [0.2, 0.25) is 0 Å². The molecular weight excluding hydrogens is 484 g/mol. The standard InChI is InChI=1S/C28H32N6O4/c1-6-28(2,3)30-27(36)26(19-13-15-29-16-14-19)34(20-11-12-23(37-4)24(17-20)38-5)25(35)18-33-22-10-8-7-9-21(22)31-32-33/h7-17,26H,6,18H2,1-5H3,(H,30,36)/t26-/m1/s1. The molecule has 0 aliphatic carbocycles. The van der Waals surface area contributed by atoms with Crippen LogP contribution in [0.1, 0.15) is 38.8 Å². The Bertz CT molecular complexity index is 1420. The monoisotopic (exact) mass is 516 g/mol. The van der Waals surface area contributed by atoms with Gasteiger partial charge in [0, 0.05) is 29.7 Å². The van der Waals surface area contributed by atoms with Crippen LogP contribution in [0.4, 0.5) is 5.69 Å². The van der Waals surface area contributed by atoms with Crippen LogP contribution in [0.5, 0.6) is 11.5 Å². The first-order valence-corrected chi connectivity index (χ1v) is 12.3. The number of amides is 2. The van der Waals surface area contributed by atoms with Gasteiger partial charge in [0.15, 0.2) is 11.5 Å². The fourth-order valence-electron chi connectivity index (χ4n) is 4.10. The van der Waals surface area contributed by atoms with Crippen molar-refractivity contribution in [1.82, 2.24) is 25.3 Å². The molecule has 4 aromatic rings. The van der Waals surface area contributed by atoms with Gasteiger partial charge in [0.1, 0.15) is 18.1 Å². The summed E-state index contributed by atoms with van der Waals surface area (Å²) < 4.78 is 12.4. The summed E-state index contributed by atoms with van der Waals surface area (Å²) in [7, 11) is 3.06. The summed E-state index contributed by atoms with van der Waals surface area (Å²) in [5, 5.41) is 11.5. The molecule has 0 bridgehead atoms. The summed E-state index contributed by atoms with van der Waals surface area (Å²) in [6.07, 6.45) is 3.91. The van der Waals surface area contributed by atoms with Gasteiger partial charge in [-0.2, -0.15) is 0 Å². The molecule has 0 aliphatic rings. The zero-order chi connectivity index (χ0) is 27.3. The Balaban J connectivity index is 1.85. The minimum absolute atomic E-state index is 0.138. The third kappa shape index (κ3) is 5.59. The number of ether oxygens (including phenoxy) is 2. The number of benzene rings is 2. The molecule has 2 aromatic heterocycles. The second-order valence-electron chi connectivity index (χ2n) is 9.45. The molecule has 0 spiro atoms. The van der Waals surface area contributed by atoms with Gasteiger partial charge >= 0.3 is 0 Å². The average Bonchev–Trinajstić information content (AvgIpc) is 3.33. The maximum Gasteiger partial charge on any atom is 0.249 e. The Kier molecular flexibility index (Phi) is 7.90. The minimum Gasteiger partial charge on any atom is -0.493 e. The van der Waals surface area contributed by atoms with E-state index in [1.807, 2.05) is 45.0 Å². The molecule has 38 heavy (non-hydrogen) atoms. The van der Waals surface area contributed by atoms with Crippen molar-refractivity contribution in [1.29, 1.82) is 0 Å². The molecule has 2 amide bonds. The van der Waals surface area contributed by atoms with Gasteiger partial charge in [-0.25, -0.2) is 4.68 Å². The van der Waals surface area contributed by atoms with Gasteiger partial charge in [-0.15, -0.1) is 5.10 Å². The van der Waals surface area contributed by atoms with E-state index < -0.39 is 11.6 Å². The van der Waals surface area contributed by atoms with E-state index in [0.717, 1.165) is 0 Å². The highest BCUT2D eigenvalue weighted by atomic mass is 16.5. The molecule has 1 atom stereocenters. The smallest absolute Gasteiger partial charge is 0.249 e. The van der Waals surface area contributed by atoms with Gasteiger partial charge in [0.05, 0.1) is 19.7 Å². The summed E-state index contributed by atoms with van der Waals surface area (Å²) in [6, 6.07) is 15.0. The molecule has 1 N–H and O–H groups in total. The van der Waals surface area contributed by atoms with Gasteiger partial charge in [0.25, 0.3) is 0 Å². The van der Waals surface area contributed by atoms with Crippen LogP contribution >= 0.6 is 0 Å². The molecule has 2 heterocycles. The summed E-state index contributed by atoms with van der Waals surface area (Å²) in [5.41, 5.74) is 1.96. The van der Waals surface area contributed by atoms with Crippen molar-refractivity contribution >= 4 is 28.5 Å². The number of aromatic nitrogens is 4. The molecule has 0 radical (unpaired) electrons. The SMILES string of the molecule is CCC(C)(C)NC(=O)[C@@H](c1ccncc1)N(C(=O)Cn1nnc2ccccc21)c1ccc(OC)c(OC)c1. The number of carbonyl (C=O) groups excluding carboxylic acids is 2. The molecule has 0 fully saturated rings. The number of nitrogens with zero attached hydrogens (tertiary/aromatic N) is 5. The quantitative estimate of drug-likeness (QED) is 0.340. The first-order chi connectivity index (χ1) is 18.3. The molecule has 4 rings (SSSR count). The first kappa shape index (κ1) is 26.6. The lowest BCUT2D eigenvalue weighted by atomic mass is 9.98. The Morgan fingerprint density at radius 1 is 1.03 bits per heavy atom. The van der Waals surface area contributed by atoms with Crippen molar-refractivity contribution in [2.75, 3.05) is 19.1 Å². The summed E-state index contributed by atoms with van der Waals surface area (Å²) in [4.78, 5) is 33.6. The van der Waals surface area contributed by atoms with Gasteiger partial charge in [0.2, 0.25) is 11.8 Å². The van der Waals surface area contributed by atoms with Crippen LogP contribution in [-0.2, 0) is 16.1 Å². The Hall–Kier alpha value is -4.47. The largest absolute Gasteiger partial charge is 0.493 e. The van der Waals surface area contributed by atoms with Crippen molar-refractivity contribution in [2.24, 2.45) is 0 Å². The van der Waals surface area contributed by atoms with Crippen molar-refractivity contribution < 1.29 is 19.1 Å². The maximum absolute atomic E-state index is 14.1. The number of hydrogen-bond donors (Lipinski definition) is 1. The molecular formula is C28H32N6O4. The lowest BCUT2D eigenvalue weighted by molar-refractivity contribution is -0.128. The van der Waals surface area contributed by atoms with Crippen LogP contribution < -0.4 is 19.7 Å². The zero-order valence-corrected chi connectivity index (χ0v) is 22.2. The highest BCUT2D eigenvalue weighted by molar-refractivity contribution is 6.02. The van der Waals surface area contributed by atoms with Gasteiger partial charge in [-0.3, -0.25) is 19.5 Å². The van der Waals surface area contributed by atoms with E-state index in [1.165, 1.54) is 23.8 Å². The Morgan fingerprint density at radius 2 is 1.74 bits per heavy atom. The maximum atomic E-state index is 14.1. The Morgan fingerprint density at radius 3 is 2.42 bits per heavy atom. The highest BCUT2D eigenvalue weighted by Crippen LogP contribution is 2.36. The second-order valence-corrected chi connectivity index (χ2v) is 9.45. The third-order valence-electron chi connectivity index (χ3n) is 6.49. The Labute approximate surface area is 221 Å². The fraction of sp³-hybridized carbons (Fsp3) is 0.321. The van der Waals surface area contributed by atoms with Crippen molar-refractivity contribution in [3.63, 3.8) is 0 Å². The average molecular weight is 517 g/mol. The number of fused-ring (bicyclic) bond motifs is 1. The summed E-state index contributed by atoms with van der Waals surface area (Å²) >= 11 is 0. The van der Waals surface area contributed by atoms with Crippen LogP contribution in [0.15, 0.2) is 67.0 Å². The highest BCUT2D eigenvalue weighted by Gasteiger charge is 2.35. The topological polar surface area (TPSA) is 111 Å². The van der Waals surface area contributed by atoms with Gasteiger partial charge in [-0.05, 0) is 62.2 Å². The van der Waals surface area contributed by atoms with Crippen molar-refractivity contribution in [2.45, 2.75) is 45.3 Å². The van der Waals surface area contributed by atoms with Crippen LogP contribution in [0.25, 0.3) is 11.0 Å². The van der Waals surface area contributed by atoms with E-state index in [2.05, 4.69) is 20.6 Å². The predicted molar refractivity (Wildman–Crippen MR) is 144 cm³/mol. The predicted octanol–water partition coefficient (Wildman–Crippen LogP) is 3.92. The number of nitrogens with one attached hydrogen (secondary N) is 1. The first-order valence-electron chi connectivity index (χ1n) is 12.3. The number of pyridine rings is 1. The lowest BCUT2D eigenvalue weighted by Crippen LogP contribution is -2.51. The third-order valence-corrected chi connectivity index (χ3v) is 6.49. The van der Waals surface area contributed by atoms with E-state index in [9.17, 15) is 9.59 Å². The van der Waals surface area contributed by atoms with Crippen molar-refractivity contribution in [3.05, 3.63) is 72.6 Å². The molecule has 0 saturated heterocycles. The fourth-order valence-corrected chi connectivity index (χ4v) is 4.10. The molecule has 10 heteroatoms. The molecule has 10 nitrogen and oxygen atoms in total. The van der Waals surface area contributed by atoms with E-state index in [0.29, 0.717) is 40.2 Å². The van der Waals surface area contributed by atoms with Crippen LogP contribution in [-0.4, -0.2) is 51.6 Å². The summed E-state index contributed by atoms with van der Waals surface area (Å²) in [6.45, 7) is 5.74. The van der Waals surface area contributed by atoms with Gasteiger partial charge < -0.3 is 14.8 Å². The van der Waals surface area contributed by atoms with E-state index >= 15 is 0 Å². The van der Waals surface area contributed by atoms with Crippen molar-refractivity contribution in [3.8, 4) is 11.5 Å².